The van der Waals surface area contributed by atoms with Crippen LogP contribution >= 0.6 is 0 Å². The van der Waals surface area contributed by atoms with Gasteiger partial charge in [-0.25, -0.2) is 9.59 Å². The van der Waals surface area contributed by atoms with E-state index in [0.717, 1.165) is 22.6 Å². The molecule has 0 saturated carbocycles. The molecule has 0 bridgehead atoms. The molecule has 0 aliphatic heterocycles. The van der Waals surface area contributed by atoms with Crippen LogP contribution in [0.15, 0.2) is 60.7 Å². The van der Waals surface area contributed by atoms with Gasteiger partial charge in [-0.05, 0) is 48.7 Å². The van der Waals surface area contributed by atoms with Crippen LogP contribution in [0, 0.1) is 0 Å². The van der Waals surface area contributed by atoms with E-state index in [0.29, 0.717) is 57.2 Å². The average molecular weight is 618 g/mol. The van der Waals surface area contributed by atoms with Crippen LogP contribution in [0.3, 0.4) is 0 Å². The molecule has 0 heterocycles. The lowest BCUT2D eigenvalue weighted by Gasteiger charge is -2.26. The Morgan fingerprint density at radius 2 is 1.21 bits per heavy atom. The average Bonchev–Trinajstić information content (AvgIpc) is 3.01. The Bertz CT molecular complexity index is 1120. The van der Waals surface area contributed by atoms with Crippen molar-refractivity contribution in [3.8, 4) is 11.5 Å². The number of esters is 1. The van der Waals surface area contributed by atoms with E-state index in [-0.39, 0.29) is 18.0 Å². The van der Waals surface area contributed by atoms with Gasteiger partial charge in [0, 0.05) is 57.7 Å². The van der Waals surface area contributed by atoms with Gasteiger partial charge in [-0.15, -0.1) is 0 Å². The molecular formula is C32H47NO9Si. The summed E-state index contributed by atoms with van der Waals surface area (Å²) < 4.78 is 38.0. The second-order valence-electron chi connectivity index (χ2n) is 10.5. The van der Waals surface area contributed by atoms with Gasteiger partial charge < -0.3 is 37.5 Å². The van der Waals surface area contributed by atoms with Crippen LogP contribution in [-0.4, -0.2) is 75.2 Å². The van der Waals surface area contributed by atoms with Crippen LogP contribution in [0.4, 0.5) is 4.79 Å². The third-order valence-electron chi connectivity index (χ3n) is 6.94. The number of alkyl carbamates (subject to hydrolysis) is 1. The van der Waals surface area contributed by atoms with Gasteiger partial charge in [0.15, 0.2) is 0 Å². The molecule has 0 fully saturated rings. The number of ether oxygens (including phenoxy) is 4. The number of benzene rings is 2. The van der Waals surface area contributed by atoms with Crippen molar-refractivity contribution < 1.29 is 41.8 Å². The van der Waals surface area contributed by atoms with Gasteiger partial charge in [-0.2, -0.15) is 0 Å². The Kier molecular flexibility index (Phi) is 15.3. The lowest BCUT2D eigenvalue weighted by molar-refractivity contribution is -0.139. The number of rotatable bonds is 20. The lowest BCUT2D eigenvalue weighted by atomic mass is 9.78. The summed E-state index contributed by atoms with van der Waals surface area (Å²) in [7, 11) is 2.06. The van der Waals surface area contributed by atoms with Crippen LogP contribution in [0.1, 0.15) is 51.2 Å². The summed E-state index contributed by atoms with van der Waals surface area (Å²) in [5.41, 5.74) is 2.46. The van der Waals surface area contributed by atoms with Crippen LogP contribution in [0.2, 0.25) is 6.04 Å². The first-order chi connectivity index (χ1) is 20.6. The van der Waals surface area contributed by atoms with E-state index in [1.807, 2.05) is 24.3 Å². The van der Waals surface area contributed by atoms with Crippen molar-refractivity contribution in [3.05, 3.63) is 71.8 Å². The molecule has 10 nitrogen and oxygen atoms in total. The number of carbonyl (C=O) groups excluding carboxylic acids is 2. The zero-order chi connectivity index (χ0) is 31.7. The molecule has 0 aromatic heterocycles. The minimum absolute atomic E-state index is 0.227. The molecule has 11 heteroatoms. The molecule has 0 aliphatic rings. The smallest absolute Gasteiger partial charge is 0.493 e. The highest BCUT2D eigenvalue weighted by Crippen LogP contribution is 2.33. The molecule has 0 atom stereocenters. The standard InChI is InChI=1S/C32H47NO9Si/c1-25(2)30(34)41-22-9-20-39-28-15-11-26(12-16-28)32(3,4)27-13-17-29(18-14-27)40-21-10-23-42-31(35)33-19-8-24-43(36-5,37-6)38-7/h11-18H,1,8-10,19-24H2,2-7H3,(H,33,35). The molecule has 2 aromatic rings. The van der Waals surface area contributed by atoms with Gasteiger partial charge in [-0.3, -0.25) is 0 Å². The summed E-state index contributed by atoms with van der Waals surface area (Å²) in [6.07, 6.45) is 1.37. The van der Waals surface area contributed by atoms with E-state index in [9.17, 15) is 9.59 Å². The number of hydrogen-bond donors (Lipinski definition) is 1. The Hall–Kier alpha value is -3.38. The predicted molar refractivity (Wildman–Crippen MR) is 167 cm³/mol. The van der Waals surface area contributed by atoms with Crippen molar-refractivity contribution in [2.24, 2.45) is 0 Å². The maximum Gasteiger partial charge on any atom is 0.500 e. The Balaban J connectivity index is 1.68. The largest absolute Gasteiger partial charge is 0.500 e. The minimum Gasteiger partial charge on any atom is -0.493 e. The van der Waals surface area contributed by atoms with Crippen LogP contribution in [-0.2, 0) is 33.0 Å². The Labute approximate surface area is 257 Å². The fraction of sp³-hybridized carbons (Fsp3) is 0.500. The number of carbonyl (C=O) groups is 2. The maximum absolute atomic E-state index is 11.9. The molecule has 0 aliphatic carbocycles. The molecule has 2 aromatic carbocycles. The topological polar surface area (TPSA) is 111 Å². The lowest BCUT2D eigenvalue weighted by Crippen LogP contribution is -2.43. The molecular weight excluding hydrogens is 570 g/mol. The summed E-state index contributed by atoms with van der Waals surface area (Å²) in [6.45, 7) is 11.4. The minimum atomic E-state index is -2.63. The van der Waals surface area contributed by atoms with Gasteiger partial charge >= 0.3 is 20.9 Å². The second-order valence-corrected chi connectivity index (χ2v) is 13.5. The van der Waals surface area contributed by atoms with Crippen molar-refractivity contribution in [2.45, 2.75) is 51.5 Å². The molecule has 2 rings (SSSR count). The monoisotopic (exact) mass is 617 g/mol. The van der Waals surface area contributed by atoms with E-state index in [4.69, 9.17) is 32.2 Å². The van der Waals surface area contributed by atoms with Crippen LogP contribution in [0.25, 0.3) is 0 Å². The van der Waals surface area contributed by atoms with Crippen molar-refractivity contribution in [1.29, 1.82) is 0 Å². The third-order valence-corrected chi connectivity index (χ3v) is 9.78. The summed E-state index contributed by atoms with van der Waals surface area (Å²) in [4.78, 5) is 23.3. The Morgan fingerprint density at radius 3 is 1.65 bits per heavy atom. The molecule has 43 heavy (non-hydrogen) atoms. The highest BCUT2D eigenvalue weighted by molar-refractivity contribution is 6.60. The summed E-state index contributed by atoms with van der Waals surface area (Å²) >= 11 is 0. The van der Waals surface area contributed by atoms with Crippen LogP contribution < -0.4 is 14.8 Å². The van der Waals surface area contributed by atoms with E-state index in [1.54, 1.807) is 28.3 Å². The quantitative estimate of drug-likeness (QED) is 0.0870. The molecule has 0 spiro atoms. The highest BCUT2D eigenvalue weighted by atomic mass is 28.4. The number of hydrogen-bond acceptors (Lipinski definition) is 9. The van der Waals surface area contributed by atoms with Crippen molar-refractivity contribution in [3.63, 3.8) is 0 Å². The van der Waals surface area contributed by atoms with Crippen LogP contribution in [0.5, 0.6) is 11.5 Å². The summed E-state index contributed by atoms with van der Waals surface area (Å²) in [5, 5.41) is 2.72. The molecule has 0 unspecified atom stereocenters. The van der Waals surface area contributed by atoms with Gasteiger partial charge in [-0.1, -0.05) is 44.7 Å². The first-order valence-corrected chi connectivity index (χ1v) is 16.4. The summed E-state index contributed by atoms with van der Waals surface area (Å²) in [5.74, 6) is 1.14. The first-order valence-electron chi connectivity index (χ1n) is 14.4. The van der Waals surface area contributed by atoms with Crippen molar-refractivity contribution in [1.82, 2.24) is 5.32 Å². The fourth-order valence-corrected chi connectivity index (χ4v) is 5.88. The molecule has 0 radical (unpaired) electrons. The summed E-state index contributed by atoms with van der Waals surface area (Å²) in [6, 6.07) is 16.6. The molecule has 0 saturated heterocycles. The fourth-order valence-electron chi connectivity index (χ4n) is 4.16. The van der Waals surface area contributed by atoms with Crippen molar-refractivity contribution >= 4 is 20.9 Å². The van der Waals surface area contributed by atoms with E-state index in [2.05, 4.69) is 50.0 Å². The van der Waals surface area contributed by atoms with E-state index >= 15 is 0 Å². The maximum atomic E-state index is 11.9. The normalized spacial score (nSPS) is 11.5. The highest BCUT2D eigenvalue weighted by Gasteiger charge is 2.36. The zero-order valence-corrected chi connectivity index (χ0v) is 27.4. The third kappa shape index (κ3) is 12.0. The second kappa shape index (κ2) is 18.3. The van der Waals surface area contributed by atoms with Gasteiger partial charge in [0.25, 0.3) is 0 Å². The SMILES string of the molecule is C=C(C)C(=O)OCCCOc1ccc(C(C)(C)c2ccc(OCCCOC(=O)NCCC[Si](OC)(OC)OC)cc2)cc1. The van der Waals surface area contributed by atoms with E-state index < -0.39 is 14.9 Å². The predicted octanol–water partition coefficient (Wildman–Crippen LogP) is 5.66. The van der Waals surface area contributed by atoms with Gasteiger partial charge in [0.05, 0.1) is 26.4 Å². The number of amides is 1. The van der Waals surface area contributed by atoms with Crippen molar-refractivity contribution in [2.75, 3.05) is 54.3 Å². The van der Waals surface area contributed by atoms with E-state index in [1.165, 1.54) is 0 Å². The molecule has 238 valence electrons. The van der Waals surface area contributed by atoms with Gasteiger partial charge in [0.2, 0.25) is 0 Å². The molecule has 1 amide bonds. The first kappa shape index (κ1) is 35.8. The zero-order valence-electron chi connectivity index (χ0n) is 26.4. The molecule has 1 N–H and O–H groups in total. The van der Waals surface area contributed by atoms with Gasteiger partial charge in [0.1, 0.15) is 11.5 Å². The number of nitrogens with one attached hydrogen (secondary N) is 1. The Morgan fingerprint density at radius 1 is 0.744 bits per heavy atom.